The first-order chi connectivity index (χ1) is 16.1. The van der Waals surface area contributed by atoms with Crippen LogP contribution in [0.4, 0.5) is 4.79 Å². The molecular weight excluding hydrogens is 454 g/mol. The van der Waals surface area contributed by atoms with E-state index in [0.717, 1.165) is 44.8 Å². The summed E-state index contributed by atoms with van der Waals surface area (Å²) in [5.74, 6) is 1.27. The summed E-state index contributed by atoms with van der Waals surface area (Å²) in [6.07, 6.45) is 2.62. The Kier molecular flexibility index (Phi) is 6.03. The molecule has 164 valence electrons. The number of thioether (sulfide) groups is 1. The van der Waals surface area contributed by atoms with Gasteiger partial charge in [0.2, 0.25) is 0 Å². The van der Waals surface area contributed by atoms with Crippen LogP contribution < -0.4 is 4.74 Å². The number of nitrogens with zero attached hydrogens (tertiary/aromatic N) is 3. The Morgan fingerprint density at radius 1 is 1.03 bits per heavy atom. The number of hydrogen-bond donors (Lipinski definition) is 0. The molecule has 3 aromatic carbocycles. The number of carbonyl (C=O) groups excluding carboxylic acids is 1. The number of halogens is 1. The summed E-state index contributed by atoms with van der Waals surface area (Å²) >= 11 is 7.23. The number of ether oxygens (including phenoxy) is 1. The third kappa shape index (κ3) is 4.45. The van der Waals surface area contributed by atoms with Gasteiger partial charge in [0.05, 0.1) is 23.8 Å². The third-order valence-corrected chi connectivity index (χ3v) is 6.57. The molecule has 3 aromatic rings. The quantitative estimate of drug-likeness (QED) is 0.417. The lowest BCUT2D eigenvalue weighted by Crippen LogP contribution is -2.26. The number of carbonyl (C=O) groups is 1. The molecule has 0 spiro atoms. The number of para-hydroxylation sites is 1. The fourth-order valence-corrected chi connectivity index (χ4v) is 4.81. The zero-order valence-electron chi connectivity index (χ0n) is 17.8. The molecule has 5 nitrogen and oxygen atoms in total. The summed E-state index contributed by atoms with van der Waals surface area (Å²) in [5.41, 5.74) is 3.92. The molecule has 0 aliphatic carbocycles. The van der Waals surface area contributed by atoms with E-state index in [0.29, 0.717) is 17.3 Å². The first-order valence-electron chi connectivity index (χ1n) is 10.5. The average molecular weight is 474 g/mol. The largest absolute Gasteiger partial charge is 0.496 e. The number of benzene rings is 3. The maximum Gasteiger partial charge on any atom is 0.311 e. The van der Waals surface area contributed by atoms with E-state index in [-0.39, 0.29) is 11.3 Å². The molecule has 0 fully saturated rings. The molecule has 0 radical (unpaired) electrons. The molecule has 1 unspecified atom stereocenters. The summed E-state index contributed by atoms with van der Waals surface area (Å²) < 4.78 is 5.49. The third-order valence-electron chi connectivity index (χ3n) is 5.53. The lowest BCUT2D eigenvalue weighted by Gasteiger charge is -2.24. The van der Waals surface area contributed by atoms with E-state index in [4.69, 9.17) is 21.4 Å². The number of hydrazone groups is 1. The number of aliphatic imine (C=N–C) groups is 1. The van der Waals surface area contributed by atoms with Crippen molar-refractivity contribution in [1.29, 1.82) is 0 Å². The van der Waals surface area contributed by atoms with Crippen molar-refractivity contribution in [2.24, 2.45) is 10.1 Å². The summed E-state index contributed by atoms with van der Waals surface area (Å²) in [6.45, 7) is 0. The second kappa shape index (κ2) is 9.25. The molecule has 2 heterocycles. The van der Waals surface area contributed by atoms with Gasteiger partial charge in [-0.1, -0.05) is 72.3 Å². The van der Waals surface area contributed by atoms with Crippen molar-refractivity contribution in [2.45, 2.75) is 12.5 Å². The highest BCUT2D eigenvalue weighted by Crippen LogP contribution is 2.40. The van der Waals surface area contributed by atoms with Gasteiger partial charge in [0.1, 0.15) is 5.75 Å². The van der Waals surface area contributed by atoms with Gasteiger partial charge >= 0.3 is 5.24 Å². The SMILES string of the molecule is COc1ccccc1/C=C1\SC(=O)N=C1N1N=C(c2ccccc2)CC1c1ccc(Cl)cc1. The molecule has 7 heteroatoms. The van der Waals surface area contributed by atoms with E-state index in [2.05, 4.69) is 4.99 Å². The van der Waals surface area contributed by atoms with Crippen LogP contribution in [0, 0.1) is 0 Å². The maximum atomic E-state index is 12.4. The Morgan fingerprint density at radius 3 is 2.52 bits per heavy atom. The molecule has 33 heavy (non-hydrogen) atoms. The summed E-state index contributed by atoms with van der Waals surface area (Å²) in [4.78, 5) is 17.5. The van der Waals surface area contributed by atoms with E-state index >= 15 is 0 Å². The highest BCUT2D eigenvalue weighted by atomic mass is 35.5. The molecule has 0 N–H and O–H groups in total. The minimum Gasteiger partial charge on any atom is -0.496 e. The minimum atomic E-state index is -0.260. The number of methoxy groups -OCH3 is 1. The zero-order chi connectivity index (χ0) is 22.8. The van der Waals surface area contributed by atoms with E-state index in [1.165, 1.54) is 0 Å². The van der Waals surface area contributed by atoms with E-state index in [9.17, 15) is 4.79 Å². The molecule has 0 saturated heterocycles. The van der Waals surface area contributed by atoms with Gasteiger partial charge in [-0.15, -0.1) is 0 Å². The highest BCUT2D eigenvalue weighted by Gasteiger charge is 2.36. The van der Waals surface area contributed by atoms with Crippen molar-refractivity contribution in [3.05, 3.63) is 105 Å². The highest BCUT2D eigenvalue weighted by molar-refractivity contribution is 8.18. The fourth-order valence-electron chi connectivity index (χ4n) is 3.94. The Morgan fingerprint density at radius 2 is 1.76 bits per heavy atom. The van der Waals surface area contributed by atoms with Crippen molar-refractivity contribution in [2.75, 3.05) is 7.11 Å². The molecular formula is C26H20ClN3O2S. The smallest absolute Gasteiger partial charge is 0.311 e. The Balaban J connectivity index is 1.58. The summed E-state index contributed by atoms with van der Waals surface area (Å²) in [6, 6.07) is 25.4. The molecule has 1 atom stereocenters. The summed E-state index contributed by atoms with van der Waals surface area (Å²) in [7, 11) is 1.63. The van der Waals surface area contributed by atoms with Crippen molar-refractivity contribution in [1.82, 2.24) is 5.01 Å². The standard InChI is InChI=1S/C26H20ClN3O2S/c1-32-23-10-6-5-9-19(23)15-24-25(28-26(31)33-24)30-22(18-11-13-20(27)14-12-18)16-21(29-30)17-7-3-2-4-8-17/h2-15,22H,16H2,1H3/b24-15-. The van der Waals surface area contributed by atoms with E-state index < -0.39 is 0 Å². The van der Waals surface area contributed by atoms with Gasteiger partial charge in [-0.25, -0.2) is 5.01 Å². The molecule has 0 saturated carbocycles. The Labute approximate surface area is 201 Å². The van der Waals surface area contributed by atoms with Gasteiger partial charge in [0, 0.05) is 17.0 Å². The van der Waals surface area contributed by atoms with E-state index in [1.807, 2.05) is 89.9 Å². The number of amidine groups is 1. The number of amides is 1. The lowest BCUT2D eigenvalue weighted by molar-refractivity contribution is 0.267. The van der Waals surface area contributed by atoms with Crippen LogP contribution in [0.15, 0.2) is 93.9 Å². The predicted molar refractivity (Wildman–Crippen MR) is 135 cm³/mol. The molecule has 5 rings (SSSR count). The van der Waals surface area contributed by atoms with Gasteiger partial charge in [-0.05, 0) is 47.2 Å². The Bertz CT molecular complexity index is 1290. The van der Waals surface area contributed by atoms with Crippen molar-refractivity contribution in [3.8, 4) is 5.75 Å². The van der Waals surface area contributed by atoms with Crippen LogP contribution in [0.3, 0.4) is 0 Å². The molecule has 2 aliphatic rings. The van der Waals surface area contributed by atoms with Crippen LogP contribution in [0.5, 0.6) is 5.75 Å². The first-order valence-corrected chi connectivity index (χ1v) is 11.6. The maximum absolute atomic E-state index is 12.4. The van der Waals surface area contributed by atoms with Crippen LogP contribution in [-0.2, 0) is 0 Å². The molecule has 0 aromatic heterocycles. The average Bonchev–Trinajstić information content (AvgIpc) is 3.44. The van der Waals surface area contributed by atoms with Crippen LogP contribution in [-0.4, -0.2) is 28.9 Å². The lowest BCUT2D eigenvalue weighted by atomic mass is 9.98. The van der Waals surface area contributed by atoms with Gasteiger partial charge < -0.3 is 4.74 Å². The van der Waals surface area contributed by atoms with Crippen LogP contribution in [0.1, 0.15) is 29.2 Å². The van der Waals surface area contributed by atoms with Crippen LogP contribution >= 0.6 is 23.4 Å². The van der Waals surface area contributed by atoms with Gasteiger partial charge in [-0.3, -0.25) is 4.79 Å². The minimum absolute atomic E-state index is 0.108. The van der Waals surface area contributed by atoms with Crippen molar-refractivity contribution in [3.63, 3.8) is 0 Å². The van der Waals surface area contributed by atoms with Gasteiger partial charge in [-0.2, -0.15) is 10.1 Å². The van der Waals surface area contributed by atoms with Crippen molar-refractivity contribution >= 4 is 46.2 Å². The second-order valence-electron chi connectivity index (χ2n) is 7.58. The zero-order valence-corrected chi connectivity index (χ0v) is 19.4. The topological polar surface area (TPSA) is 54.3 Å². The van der Waals surface area contributed by atoms with Gasteiger partial charge in [0.15, 0.2) is 5.84 Å². The predicted octanol–water partition coefficient (Wildman–Crippen LogP) is 6.81. The normalized spacial score (nSPS) is 19.1. The number of hydrogen-bond acceptors (Lipinski definition) is 5. The Hall–Kier alpha value is -3.35. The molecule has 0 bridgehead atoms. The fraction of sp³-hybridized carbons (Fsp3) is 0.115. The van der Waals surface area contributed by atoms with Crippen LogP contribution in [0.25, 0.3) is 6.08 Å². The number of rotatable bonds is 4. The van der Waals surface area contributed by atoms with Crippen molar-refractivity contribution < 1.29 is 9.53 Å². The molecule has 1 amide bonds. The van der Waals surface area contributed by atoms with Gasteiger partial charge in [0.25, 0.3) is 0 Å². The first kappa shape index (κ1) is 21.5. The monoisotopic (exact) mass is 473 g/mol. The van der Waals surface area contributed by atoms with E-state index in [1.54, 1.807) is 7.11 Å². The molecule has 2 aliphatic heterocycles. The van der Waals surface area contributed by atoms with Crippen LogP contribution in [0.2, 0.25) is 5.02 Å². The second-order valence-corrected chi connectivity index (χ2v) is 9.01. The summed E-state index contributed by atoms with van der Waals surface area (Å²) in [5, 5.41) is 7.22.